The quantitative estimate of drug-likeness (QED) is 0.758. The molecule has 3 unspecified atom stereocenters. The van der Waals surface area contributed by atoms with Crippen LogP contribution in [0.3, 0.4) is 0 Å². The van der Waals surface area contributed by atoms with E-state index >= 15 is 0 Å². The Kier molecular flexibility index (Phi) is 6.26. The molecule has 29 heavy (non-hydrogen) atoms. The smallest absolute Gasteiger partial charge is 0.312 e. The molecule has 6 nitrogen and oxygen atoms in total. The second kappa shape index (κ2) is 8.86. The number of anilines is 1. The van der Waals surface area contributed by atoms with Crippen molar-refractivity contribution in [3.63, 3.8) is 0 Å². The maximum Gasteiger partial charge on any atom is 0.312 e. The third-order valence-corrected chi connectivity index (χ3v) is 5.00. The summed E-state index contributed by atoms with van der Waals surface area (Å²) in [4.78, 5) is 38.7. The highest BCUT2D eigenvalue weighted by Crippen LogP contribution is 2.29. The van der Waals surface area contributed by atoms with Crippen molar-refractivity contribution in [2.45, 2.75) is 32.4 Å². The summed E-state index contributed by atoms with van der Waals surface area (Å²) in [6, 6.07) is 14.8. The van der Waals surface area contributed by atoms with E-state index in [1.54, 1.807) is 4.90 Å². The number of ether oxygens (including phenoxy) is 1. The van der Waals surface area contributed by atoms with Gasteiger partial charge in [0.1, 0.15) is 5.82 Å². The Morgan fingerprint density at radius 2 is 1.86 bits per heavy atom. The van der Waals surface area contributed by atoms with Crippen molar-refractivity contribution in [1.29, 1.82) is 0 Å². The van der Waals surface area contributed by atoms with E-state index in [0.717, 1.165) is 5.56 Å². The van der Waals surface area contributed by atoms with Gasteiger partial charge < -0.3 is 15.0 Å². The fourth-order valence-corrected chi connectivity index (χ4v) is 3.31. The summed E-state index contributed by atoms with van der Waals surface area (Å²) < 4.78 is 18.5. The molecule has 1 heterocycles. The molecule has 7 heteroatoms. The number of halogens is 1. The van der Waals surface area contributed by atoms with Crippen molar-refractivity contribution in [3.8, 4) is 0 Å². The fraction of sp³-hybridized carbons (Fsp3) is 0.318. The van der Waals surface area contributed by atoms with Crippen LogP contribution in [-0.2, 0) is 19.1 Å². The van der Waals surface area contributed by atoms with Crippen molar-refractivity contribution in [2.75, 3.05) is 11.9 Å². The largest absolute Gasteiger partial charge is 0.452 e. The van der Waals surface area contributed by atoms with Gasteiger partial charge in [0.25, 0.3) is 5.91 Å². The Hall–Kier alpha value is -3.22. The van der Waals surface area contributed by atoms with E-state index in [-0.39, 0.29) is 30.6 Å². The van der Waals surface area contributed by atoms with Crippen LogP contribution in [0.25, 0.3) is 0 Å². The minimum absolute atomic E-state index is 0.0498. The van der Waals surface area contributed by atoms with E-state index < -0.39 is 29.7 Å². The average molecular weight is 398 g/mol. The second-order valence-electron chi connectivity index (χ2n) is 7.11. The zero-order valence-electron chi connectivity index (χ0n) is 16.3. The first-order chi connectivity index (χ1) is 13.8. The number of hydrogen-bond acceptors (Lipinski definition) is 4. The molecule has 2 aromatic carbocycles. The molecule has 2 aromatic rings. The van der Waals surface area contributed by atoms with Crippen molar-refractivity contribution in [3.05, 3.63) is 66.0 Å². The number of rotatable bonds is 6. The normalized spacial score (nSPS) is 18.2. The van der Waals surface area contributed by atoms with Crippen molar-refractivity contribution in [2.24, 2.45) is 5.92 Å². The van der Waals surface area contributed by atoms with Gasteiger partial charge >= 0.3 is 5.97 Å². The number of esters is 1. The molecule has 3 atom stereocenters. The van der Waals surface area contributed by atoms with Gasteiger partial charge in [-0.15, -0.1) is 0 Å². The minimum Gasteiger partial charge on any atom is -0.452 e. The first kappa shape index (κ1) is 20.5. The van der Waals surface area contributed by atoms with Gasteiger partial charge in [0, 0.05) is 18.7 Å². The molecule has 0 bridgehead atoms. The Labute approximate surface area is 168 Å². The number of hydrogen-bond donors (Lipinski definition) is 1. The molecule has 2 amide bonds. The maximum absolute atomic E-state index is 13.2. The van der Waals surface area contributed by atoms with E-state index in [2.05, 4.69) is 5.32 Å². The Bertz CT molecular complexity index is 903. The van der Waals surface area contributed by atoms with Gasteiger partial charge in [-0.25, -0.2) is 4.39 Å². The predicted molar refractivity (Wildman–Crippen MR) is 105 cm³/mol. The summed E-state index contributed by atoms with van der Waals surface area (Å²) in [6.45, 7) is 3.59. The lowest BCUT2D eigenvalue weighted by atomic mass is 10.1. The van der Waals surface area contributed by atoms with Gasteiger partial charge in [0.05, 0.1) is 12.0 Å². The molecule has 3 rings (SSSR count). The maximum atomic E-state index is 13.2. The topological polar surface area (TPSA) is 75.7 Å². The summed E-state index contributed by atoms with van der Waals surface area (Å²) in [7, 11) is 0. The molecule has 0 radical (unpaired) electrons. The number of amides is 2. The van der Waals surface area contributed by atoms with E-state index in [0.29, 0.717) is 0 Å². The molecule has 0 aliphatic carbocycles. The highest BCUT2D eigenvalue weighted by Gasteiger charge is 2.38. The van der Waals surface area contributed by atoms with Gasteiger partial charge in [0.2, 0.25) is 5.91 Å². The lowest BCUT2D eigenvalue weighted by Crippen LogP contribution is -2.33. The number of benzene rings is 2. The van der Waals surface area contributed by atoms with Crippen LogP contribution in [0.15, 0.2) is 54.6 Å². The zero-order chi connectivity index (χ0) is 21.0. The SMILES string of the molecule is CC(OC(=O)C1CC(=O)N(C(C)c2ccccc2)C1)C(=O)Nc1cccc(F)c1. The standard InChI is InChI=1S/C22H23FN2O4/c1-14(16-7-4-3-5-8-16)25-13-17(11-20(25)26)22(28)29-15(2)21(27)24-19-10-6-9-18(23)12-19/h3-10,12,14-15,17H,11,13H2,1-2H3,(H,24,27). The molecule has 1 aliphatic rings. The van der Waals surface area contributed by atoms with Crippen molar-refractivity contribution in [1.82, 2.24) is 4.90 Å². The first-order valence-electron chi connectivity index (χ1n) is 9.46. The van der Waals surface area contributed by atoms with Crippen LogP contribution >= 0.6 is 0 Å². The van der Waals surface area contributed by atoms with Crippen LogP contribution in [0.4, 0.5) is 10.1 Å². The van der Waals surface area contributed by atoms with Gasteiger partial charge in [-0.05, 0) is 37.6 Å². The van der Waals surface area contributed by atoms with Gasteiger partial charge in [-0.2, -0.15) is 0 Å². The Morgan fingerprint density at radius 1 is 1.14 bits per heavy atom. The summed E-state index contributed by atoms with van der Waals surface area (Å²) in [6.07, 6.45) is -1.02. The monoisotopic (exact) mass is 398 g/mol. The van der Waals surface area contributed by atoms with Gasteiger partial charge in [-0.3, -0.25) is 14.4 Å². The number of likely N-dealkylation sites (tertiary alicyclic amines) is 1. The van der Waals surface area contributed by atoms with Gasteiger partial charge in [-0.1, -0.05) is 36.4 Å². The molecule has 0 aromatic heterocycles. The van der Waals surface area contributed by atoms with Crippen molar-refractivity contribution >= 4 is 23.5 Å². The molecule has 0 saturated carbocycles. The summed E-state index contributed by atoms with van der Waals surface area (Å²) in [5, 5.41) is 2.50. The van der Waals surface area contributed by atoms with E-state index in [1.165, 1.54) is 31.2 Å². The third kappa shape index (κ3) is 4.99. The van der Waals surface area contributed by atoms with E-state index in [1.807, 2.05) is 37.3 Å². The molecular formula is C22H23FN2O4. The van der Waals surface area contributed by atoms with Crippen LogP contribution in [0, 0.1) is 11.7 Å². The summed E-state index contributed by atoms with van der Waals surface area (Å²) in [5.74, 6) is -2.39. The van der Waals surface area contributed by atoms with Crippen LogP contribution in [0.5, 0.6) is 0 Å². The second-order valence-corrected chi connectivity index (χ2v) is 7.11. The summed E-state index contributed by atoms with van der Waals surface area (Å²) in [5.41, 5.74) is 1.26. The molecule has 1 saturated heterocycles. The molecule has 0 spiro atoms. The molecule has 1 N–H and O–H groups in total. The Balaban J connectivity index is 1.56. The lowest BCUT2D eigenvalue weighted by Gasteiger charge is -2.25. The number of carbonyl (C=O) groups is 3. The Morgan fingerprint density at radius 3 is 2.55 bits per heavy atom. The van der Waals surface area contributed by atoms with Gasteiger partial charge in [0.15, 0.2) is 6.10 Å². The van der Waals surface area contributed by atoms with Crippen LogP contribution in [0.2, 0.25) is 0 Å². The molecule has 152 valence electrons. The van der Waals surface area contributed by atoms with Crippen molar-refractivity contribution < 1.29 is 23.5 Å². The average Bonchev–Trinajstić information content (AvgIpc) is 3.10. The molecule has 1 fully saturated rings. The molecule has 1 aliphatic heterocycles. The number of nitrogens with one attached hydrogen (secondary N) is 1. The highest BCUT2D eigenvalue weighted by molar-refractivity contribution is 5.95. The highest BCUT2D eigenvalue weighted by atomic mass is 19.1. The zero-order valence-corrected chi connectivity index (χ0v) is 16.3. The molecular weight excluding hydrogens is 375 g/mol. The lowest BCUT2D eigenvalue weighted by molar-refractivity contribution is -0.157. The number of carbonyl (C=O) groups excluding carboxylic acids is 3. The van der Waals surface area contributed by atoms with Crippen LogP contribution in [-0.4, -0.2) is 35.3 Å². The predicted octanol–water partition coefficient (Wildman–Crippen LogP) is 3.31. The van der Waals surface area contributed by atoms with E-state index in [9.17, 15) is 18.8 Å². The fourth-order valence-electron chi connectivity index (χ4n) is 3.31. The number of nitrogens with zero attached hydrogens (tertiary/aromatic N) is 1. The third-order valence-electron chi connectivity index (χ3n) is 5.00. The minimum atomic E-state index is -1.07. The summed E-state index contributed by atoms with van der Waals surface area (Å²) >= 11 is 0. The van der Waals surface area contributed by atoms with E-state index in [4.69, 9.17) is 4.74 Å². The first-order valence-corrected chi connectivity index (χ1v) is 9.46. The van der Waals surface area contributed by atoms with Crippen LogP contribution in [0.1, 0.15) is 31.9 Å². The van der Waals surface area contributed by atoms with Crippen LogP contribution < -0.4 is 5.32 Å².